The molecule has 1 saturated heterocycles. The van der Waals surface area contributed by atoms with E-state index < -0.39 is 11.8 Å². The number of nitrogens with zero attached hydrogens (tertiary/aromatic N) is 2. The van der Waals surface area contributed by atoms with Crippen molar-refractivity contribution in [1.29, 1.82) is 0 Å². The van der Waals surface area contributed by atoms with E-state index in [-0.39, 0.29) is 0 Å². The van der Waals surface area contributed by atoms with Gasteiger partial charge in [0.25, 0.3) is 0 Å². The highest BCUT2D eigenvalue weighted by atomic mass is 32.2. The summed E-state index contributed by atoms with van der Waals surface area (Å²) in [6, 6.07) is 14.2. The van der Waals surface area contributed by atoms with Gasteiger partial charge in [0, 0.05) is 47.7 Å². The van der Waals surface area contributed by atoms with Crippen LogP contribution in [0.3, 0.4) is 0 Å². The maximum absolute atomic E-state index is 11.4. The van der Waals surface area contributed by atoms with Gasteiger partial charge < -0.3 is 14.9 Å². The van der Waals surface area contributed by atoms with Crippen molar-refractivity contribution in [2.45, 2.75) is 42.9 Å². The van der Waals surface area contributed by atoms with Crippen LogP contribution in [0.5, 0.6) is 5.75 Å². The number of hydrogen-bond acceptors (Lipinski definition) is 6. The first kappa shape index (κ1) is 22.1. The lowest BCUT2D eigenvalue weighted by molar-refractivity contribution is -0.0814. The first-order chi connectivity index (χ1) is 15.0. The number of likely N-dealkylation sites (tertiary alicyclic amines) is 1. The van der Waals surface area contributed by atoms with Gasteiger partial charge in [0.2, 0.25) is 0 Å². The van der Waals surface area contributed by atoms with Crippen molar-refractivity contribution in [3.05, 3.63) is 66.0 Å². The number of thioether (sulfide) groups is 1. The fraction of sp³-hybridized carbons (Fsp3) is 0.400. The summed E-state index contributed by atoms with van der Waals surface area (Å²) in [7, 11) is 0. The predicted octanol–water partition coefficient (Wildman–Crippen LogP) is 4.34. The van der Waals surface area contributed by atoms with Crippen LogP contribution in [0, 0.1) is 6.92 Å². The zero-order chi connectivity index (χ0) is 21.8. The molecule has 5 nitrogen and oxygen atoms in total. The molecule has 0 radical (unpaired) electrons. The van der Waals surface area contributed by atoms with Crippen LogP contribution in [0.1, 0.15) is 30.4 Å². The number of benzene rings is 2. The van der Waals surface area contributed by atoms with Crippen molar-refractivity contribution in [2.24, 2.45) is 0 Å². The highest BCUT2D eigenvalue weighted by Crippen LogP contribution is 2.37. The van der Waals surface area contributed by atoms with E-state index in [1.165, 1.54) is 4.90 Å². The first-order valence-corrected chi connectivity index (χ1v) is 12.0. The number of ether oxygens (including phenoxy) is 1. The van der Waals surface area contributed by atoms with Crippen molar-refractivity contribution in [3.63, 3.8) is 0 Å². The molecule has 1 unspecified atom stereocenters. The Morgan fingerprint density at radius 1 is 1.16 bits per heavy atom. The number of fused-ring (bicyclic) bond motifs is 1. The zero-order valence-electron chi connectivity index (χ0n) is 18.1. The summed E-state index contributed by atoms with van der Waals surface area (Å²) in [6.07, 6.45) is 6.75. The number of pyridine rings is 1. The molecule has 164 valence electrons. The van der Waals surface area contributed by atoms with Gasteiger partial charge in [-0.25, -0.2) is 0 Å². The molecule has 2 aromatic carbocycles. The normalized spacial score (nSPS) is 17.5. The van der Waals surface area contributed by atoms with Crippen molar-refractivity contribution in [1.82, 2.24) is 9.88 Å². The number of aliphatic hydroxyl groups excluding tert-OH is 1. The molecule has 2 heterocycles. The van der Waals surface area contributed by atoms with E-state index in [1.807, 2.05) is 48.4 Å². The second-order valence-corrected chi connectivity index (χ2v) is 9.10. The molecule has 0 spiro atoms. The number of piperidine rings is 1. The Balaban J connectivity index is 1.33. The smallest absolute Gasteiger partial charge is 0.122 e. The Labute approximate surface area is 188 Å². The number of aryl methyl sites for hydroxylation is 1. The van der Waals surface area contributed by atoms with Crippen LogP contribution in [0.25, 0.3) is 10.8 Å². The van der Waals surface area contributed by atoms with Gasteiger partial charge in [-0.1, -0.05) is 24.3 Å². The fourth-order valence-corrected chi connectivity index (χ4v) is 4.82. The lowest BCUT2D eigenvalue weighted by Gasteiger charge is -2.40. The SMILES string of the molecule is CSc1ccc(OCCC(O)N2CCC(O)(c3cncc4ccccc34)CC2)c(C)c1. The van der Waals surface area contributed by atoms with Gasteiger partial charge in [0.1, 0.15) is 12.0 Å². The Morgan fingerprint density at radius 3 is 2.68 bits per heavy atom. The minimum Gasteiger partial charge on any atom is -0.493 e. The summed E-state index contributed by atoms with van der Waals surface area (Å²) in [6.45, 7) is 3.75. The van der Waals surface area contributed by atoms with Crippen LogP contribution < -0.4 is 4.74 Å². The number of hydrogen-bond donors (Lipinski definition) is 2. The standard InChI is InChI=1S/C25H30N2O3S/c1-18-15-20(31-2)7-8-23(18)30-14-9-24(28)27-12-10-25(29,11-13-27)22-17-26-16-19-5-3-4-6-21(19)22/h3-8,15-17,24,28-29H,9-14H2,1-2H3. The Morgan fingerprint density at radius 2 is 1.94 bits per heavy atom. The molecule has 1 atom stereocenters. The lowest BCUT2D eigenvalue weighted by Crippen LogP contribution is -2.47. The zero-order valence-corrected chi connectivity index (χ0v) is 18.9. The average molecular weight is 439 g/mol. The maximum atomic E-state index is 11.4. The summed E-state index contributed by atoms with van der Waals surface area (Å²) < 4.78 is 5.90. The molecule has 2 N–H and O–H groups in total. The molecule has 1 fully saturated rings. The second kappa shape index (κ2) is 9.57. The monoisotopic (exact) mass is 438 g/mol. The molecule has 1 aliphatic heterocycles. The highest BCUT2D eigenvalue weighted by molar-refractivity contribution is 7.98. The Hall–Kier alpha value is -2.12. The van der Waals surface area contributed by atoms with Crippen LogP contribution in [-0.2, 0) is 5.60 Å². The van der Waals surface area contributed by atoms with Crippen LogP contribution in [-0.4, -0.2) is 52.3 Å². The lowest BCUT2D eigenvalue weighted by atomic mass is 9.83. The van der Waals surface area contributed by atoms with Gasteiger partial charge in [-0.05, 0) is 55.2 Å². The quantitative estimate of drug-likeness (QED) is 0.535. The Bertz CT molecular complexity index is 1030. The van der Waals surface area contributed by atoms with E-state index in [1.54, 1.807) is 18.0 Å². The predicted molar refractivity (Wildman–Crippen MR) is 126 cm³/mol. The van der Waals surface area contributed by atoms with E-state index >= 15 is 0 Å². The van der Waals surface area contributed by atoms with E-state index in [9.17, 15) is 10.2 Å². The van der Waals surface area contributed by atoms with Gasteiger partial charge in [0.05, 0.1) is 12.2 Å². The van der Waals surface area contributed by atoms with Gasteiger partial charge in [-0.2, -0.15) is 0 Å². The summed E-state index contributed by atoms with van der Waals surface area (Å²) in [5, 5.41) is 24.1. The molecule has 0 saturated carbocycles. The number of rotatable bonds is 7. The Kier molecular flexibility index (Phi) is 6.82. The highest BCUT2D eigenvalue weighted by Gasteiger charge is 2.37. The number of aromatic nitrogens is 1. The second-order valence-electron chi connectivity index (χ2n) is 8.22. The minimum atomic E-state index is -0.920. The van der Waals surface area contributed by atoms with Crippen LogP contribution in [0.15, 0.2) is 59.8 Å². The van der Waals surface area contributed by atoms with E-state index in [4.69, 9.17) is 4.74 Å². The largest absolute Gasteiger partial charge is 0.493 e. The summed E-state index contributed by atoms with van der Waals surface area (Å²) in [5.41, 5.74) is 1.07. The van der Waals surface area contributed by atoms with Crippen molar-refractivity contribution in [3.8, 4) is 5.75 Å². The summed E-state index contributed by atoms with van der Waals surface area (Å²) in [4.78, 5) is 7.58. The van der Waals surface area contributed by atoms with E-state index in [0.29, 0.717) is 39.0 Å². The molecular weight excluding hydrogens is 408 g/mol. The van der Waals surface area contributed by atoms with Gasteiger partial charge in [-0.15, -0.1) is 11.8 Å². The van der Waals surface area contributed by atoms with Crippen LogP contribution in [0.4, 0.5) is 0 Å². The molecule has 0 aliphatic carbocycles. The molecule has 4 rings (SSSR count). The van der Waals surface area contributed by atoms with Gasteiger partial charge in [-0.3, -0.25) is 9.88 Å². The molecule has 1 aromatic heterocycles. The summed E-state index contributed by atoms with van der Waals surface area (Å²) >= 11 is 1.71. The van der Waals surface area contributed by atoms with Crippen molar-refractivity contribution < 1.29 is 14.9 Å². The fourth-order valence-electron chi connectivity index (χ4n) is 4.32. The van der Waals surface area contributed by atoms with Crippen LogP contribution in [0.2, 0.25) is 0 Å². The van der Waals surface area contributed by atoms with Crippen LogP contribution >= 0.6 is 11.8 Å². The van der Waals surface area contributed by atoms with Gasteiger partial charge >= 0.3 is 0 Å². The third-order valence-corrected chi connectivity index (χ3v) is 6.96. The molecule has 0 amide bonds. The molecule has 31 heavy (non-hydrogen) atoms. The minimum absolute atomic E-state index is 0.453. The van der Waals surface area contributed by atoms with Crippen molar-refractivity contribution in [2.75, 3.05) is 26.0 Å². The number of aliphatic hydroxyl groups is 2. The van der Waals surface area contributed by atoms with Gasteiger partial charge in [0.15, 0.2) is 0 Å². The molecular formula is C25H30N2O3S. The third-order valence-electron chi connectivity index (χ3n) is 6.23. The molecule has 6 heteroatoms. The average Bonchev–Trinajstić information content (AvgIpc) is 2.80. The topological polar surface area (TPSA) is 65.8 Å². The third kappa shape index (κ3) is 4.88. The first-order valence-electron chi connectivity index (χ1n) is 10.8. The molecule has 3 aromatic rings. The maximum Gasteiger partial charge on any atom is 0.122 e. The van der Waals surface area contributed by atoms with E-state index in [0.717, 1.165) is 27.6 Å². The molecule has 1 aliphatic rings. The summed E-state index contributed by atoms with van der Waals surface area (Å²) in [5.74, 6) is 0.862. The molecule has 0 bridgehead atoms. The van der Waals surface area contributed by atoms with Crippen molar-refractivity contribution >= 4 is 22.5 Å². The van der Waals surface area contributed by atoms with E-state index in [2.05, 4.69) is 23.4 Å².